The van der Waals surface area contributed by atoms with Gasteiger partial charge in [0.1, 0.15) is 11.6 Å². The average Bonchev–Trinajstić information content (AvgIpc) is 2.52. The Morgan fingerprint density at radius 1 is 0.810 bits per heavy atom. The molecule has 0 saturated carbocycles. The Kier molecular flexibility index (Phi) is 3.62. The number of benzene rings is 1. The molecule has 0 spiro atoms. The lowest BCUT2D eigenvalue weighted by Gasteiger charge is -2.09. The lowest BCUT2D eigenvalue weighted by atomic mass is 10.0. The monoisotopic (exact) mass is 302 g/mol. The van der Waals surface area contributed by atoms with Crippen LogP contribution in [0.15, 0.2) is 54.9 Å². The first-order valence-electron chi connectivity index (χ1n) is 6.18. The summed E-state index contributed by atoms with van der Waals surface area (Å²) in [7, 11) is 0. The number of hydrogen-bond donors (Lipinski definition) is 0. The predicted molar refractivity (Wildman–Crippen MR) is 77.8 cm³/mol. The topological polar surface area (TPSA) is 25.8 Å². The van der Waals surface area contributed by atoms with Gasteiger partial charge in [0.15, 0.2) is 0 Å². The Bertz CT molecular complexity index is 792. The SMILES string of the molecule is Fc1cc(F)c(-c2ncccc2-c2ccccn2)cc1Cl. The van der Waals surface area contributed by atoms with Gasteiger partial charge in [-0.15, -0.1) is 0 Å². The van der Waals surface area contributed by atoms with Gasteiger partial charge in [-0.3, -0.25) is 9.97 Å². The van der Waals surface area contributed by atoms with Gasteiger partial charge < -0.3 is 0 Å². The molecule has 0 fully saturated rings. The van der Waals surface area contributed by atoms with E-state index >= 15 is 0 Å². The van der Waals surface area contributed by atoms with Crippen LogP contribution in [0.1, 0.15) is 0 Å². The summed E-state index contributed by atoms with van der Waals surface area (Å²) in [6, 6.07) is 10.9. The van der Waals surface area contributed by atoms with Crippen LogP contribution in [0.5, 0.6) is 0 Å². The largest absolute Gasteiger partial charge is 0.256 e. The summed E-state index contributed by atoms with van der Waals surface area (Å²) in [6.07, 6.45) is 3.18. The molecule has 21 heavy (non-hydrogen) atoms. The first-order valence-corrected chi connectivity index (χ1v) is 6.56. The molecule has 0 aliphatic carbocycles. The van der Waals surface area contributed by atoms with Crippen LogP contribution in [0.3, 0.4) is 0 Å². The summed E-state index contributed by atoms with van der Waals surface area (Å²) in [5, 5.41) is -0.149. The van der Waals surface area contributed by atoms with Crippen molar-refractivity contribution in [3.63, 3.8) is 0 Å². The van der Waals surface area contributed by atoms with E-state index in [2.05, 4.69) is 9.97 Å². The first-order chi connectivity index (χ1) is 10.2. The molecule has 0 radical (unpaired) electrons. The maximum Gasteiger partial charge on any atom is 0.144 e. The molecule has 2 nitrogen and oxygen atoms in total. The highest BCUT2D eigenvalue weighted by Gasteiger charge is 2.16. The molecule has 0 unspecified atom stereocenters. The van der Waals surface area contributed by atoms with Crippen molar-refractivity contribution in [1.29, 1.82) is 0 Å². The molecular formula is C16H9ClF2N2. The molecule has 0 saturated heterocycles. The number of nitrogens with zero attached hydrogens (tertiary/aromatic N) is 2. The van der Waals surface area contributed by atoms with Crippen LogP contribution in [0, 0.1) is 11.6 Å². The van der Waals surface area contributed by atoms with E-state index in [0.29, 0.717) is 17.0 Å². The fourth-order valence-corrected chi connectivity index (χ4v) is 2.22. The number of hydrogen-bond acceptors (Lipinski definition) is 2. The highest BCUT2D eigenvalue weighted by atomic mass is 35.5. The zero-order valence-corrected chi connectivity index (χ0v) is 11.5. The second-order valence-electron chi connectivity index (χ2n) is 4.36. The van der Waals surface area contributed by atoms with Crippen molar-refractivity contribution in [2.75, 3.05) is 0 Å². The minimum Gasteiger partial charge on any atom is -0.256 e. The molecular weight excluding hydrogens is 294 g/mol. The zero-order valence-electron chi connectivity index (χ0n) is 10.7. The fraction of sp³-hybridized carbons (Fsp3) is 0. The third-order valence-electron chi connectivity index (χ3n) is 3.01. The van der Waals surface area contributed by atoms with E-state index in [9.17, 15) is 8.78 Å². The molecule has 0 amide bonds. The van der Waals surface area contributed by atoms with Gasteiger partial charge in [-0.2, -0.15) is 0 Å². The highest BCUT2D eigenvalue weighted by Crippen LogP contribution is 2.33. The van der Waals surface area contributed by atoms with E-state index in [1.807, 2.05) is 6.07 Å². The molecule has 0 aliphatic rings. The molecule has 0 aliphatic heterocycles. The third-order valence-corrected chi connectivity index (χ3v) is 3.30. The summed E-state index contributed by atoms with van der Waals surface area (Å²) in [5.74, 6) is -1.51. The second-order valence-corrected chi connectivity index (χ2v) is 4.77. The number of rotatable bonds is 2. The van der Waals surface area contributed by atoms with Gasteiger partial charge >= 0.3 is 0 Å². The Morgan fingerprint density at radius 2 is 1.62 bits per heavy atom. The maximum atomic E-state index is 14.1. The van der Waals surface area contributed by atoms with Crippen LogP contribution in [0.4, 0.5) is 8.78 Å². The van der Waals surface area contributed by atoms with Crippen LogP contribution >= 0.6 is 11.6 Å². The van der Waals surface area contributed by atoms with Crippen molar-refractivity contribution < 1.29 is 8.78 Å². The van der Waals surface area contributed by atoms with Crippen molar-refractivity contribution in [2.45, 2.75) is 0 Å². The summed E-state index contributed by atoms with van der Waals surface area (Å²) in [6.45, 7) is 0. The van der Waals surface area contributed by atoms with E-state index in [-0.39, 0.29) is 10.6 Å². The van der Waals surface area contributed by atoms with Crippen molar-refractivity contribution in [3.8, 4) is 22.5 Å². The summed E-state index contributed by atoms with van der Waals surface area (Å²) in [4.78, 5) is 8.43. The standard InChI is InChI=1S/C16H9ClF2N2/c17-12-8-11(13(18)9-14(12)19)16-10(4-3-7-21-16)15-5-1-2-6-20-15/h1-9H. The number of pyridine rings is 2. The van der Waals surface area contributed by atoms with Gasteiger partial charge in [-0.1, -0.05) is 17.7 Å². The van der Waals surface area contributed by atoms with E-state index in [4.69, 9.17) is 11.6 Å². The van der Waals surface area contributed by atoms with Crippen molar-refractivity contribution in [1.82, 2.24) is 9.97 Å². The molecule has 1 aromatic carbocycles. The number of halogens is 3. The predicted octanol–water partition coefficient (Wildman–Crippen LogP) is 4.74. The van der Waals surface area contributed by atoms with E-state index in [1.54, 1.807) is 36.7 Å². The summed E-state index contributed by atoms with van der Waals surface area (Å²) >= 11 is 5.75. The summed E-state index contributed by atoms with van der Waals surface area (Å²) in [5.41, 5.74) is 1.82. The van der Waals surface area contributed by atoms with Gasteiger partial charge in [0.25, 0.3) is 0 Å². The van der Waals surface area contributed by atoms with Gasteiger partial charge in [-0.05, 0) is 30.3 Å². The Balaban J connectivity index is 2.23. The quantitative estimate of drug-likeness (QED) is 0.639. The van der Waals surface area contributed by atoms with Crippen LogP contribution < -0.4 is 0 Å². The van der Waals surface area contributed by atoms with Crippen molar-refractivity contribution >= 4 is 11.6 Å². The van der Waals surface area contributed by atoms with Crippen LogP contribution in [-0.4, -0.2) is 9.97 Å². The molecule has 3 rings (SSSR count). The highest BCUT2D eigenvalue weighted by molar-refractivity contribution is 6.31. The molecule has 3 aromatic rings. The molecule has 104 valence electrons. The van der Waals surface area contributed by atoms with Crippen LogP contribution in [-0.2, 0) is 0 Å². The smallest absolute Gasteiger partial charge is 0.144 e. The zero-order chi connectivity index (χ0) is 14.8. The Morgan fingerprint density at radius 3 is 2.38 bits per heavy atom. The maximum absolute atomic E-state index is 14.1. The molecule has 2 aromatic heterocycles. The molecule has 2 heterocycles. The van der Waals surface area contributed by atoms with Crippen molar-refractivity contribution in [2.24, 2.45) is 0 Å². The molecule has 0 bridgehead atoms. The lowest BCUT2D eigenvalue weighted by Crippen LogP contribution is -1.94. The minimum absolute atomic E-state index is 0.141. The second kappa shape index (κ2) is 5.58. The van der Waals surface area contributed by atoms with E-state index in [0.717, 1.165) is 6.07 Å². The van der Waals surface area contributed by atoms with Crippen molar-refractivity contribution in [3.05, 3.63) is 71.5 Å². The van der Waals surface area contributed by atoms with E-state index in [1.165, 1.54) is 6.07 Å². The number of aromatic nitrogens is 2. The van der Waals surface area contributed by atoms with Gasteiger partial charge in [0.2, 0.25) is 0 Å². The molecule has 5 heteroatoms. The normalized spacial score (nSPS) is 10.6. The lowest BCUT2D eigenvalue weighted by molar-refractivity contribution is 0.585. The molecule has 0 N–H and O–H groups in total. The van der Waals surface area contributed by atoms with Crippen LogP contribution in [0.2, 0.25) is 5.02 Å². The molecule has 0 atom stereocenters. The van der Waals surface area contributed by atoms with E-state index < -0.39 is 11.6 Å². The van der Waals surface area contributed by atoms with Gasteiger partial charge in [-0.25, -0.2) is 8.78 Å². The third kappa shape index (κ3) is 2.62. The minimum atomic E-state index is -0.798. The van der Waals surface area contributed by atoms with Gasteiger partial charge in [0.05, 0.1) is 16.4 Å². The van der Waals surface area contributed by atoms with Crippen LogP contribution in [0.25, 0.3) is 22.5 Å². The summed E-state index contributed by atoms with van der Waals surface area (Å²) < 4.78 is 27.3. The average molecular weight is 303 g/mol. The Hall–Kier alpha value is -2.33. The Labute approximate surface area is 125 Å². The first kappa shape index (κ1) is 13.6. The fourth-order valence-electron chi connectivity index (χ4n) is 2.05. The van der Waals surface area contributed by atoms with Gasteiger partial charge in [0, 0.05) is 29.6 Å².